The Labute approximate surface area is 133 Å². The number of nitrogens with zero attached hydrogens (tertiary/aromatic N) is 2. The molecule has 2 aliphatic heterocycles. The van der Waals surface area contributed by atoms with Crippen LogP contribution in [-0.4, -0.2) is 43.5 Å². The van der Waals surface area contributed by atoms with Gasteiger partial charge >= 0.3 is 0 Å². The van der Waals surface area contributed by atoms with Crippen LogP contribution in [0.1, 0.15) is 37.7 Å². The number of carbonyl (C=O) groups is 1. The summed E-state index contributed by atoms with van der Waals surface area (Å²) >= 11 is 0. The normalized spacial score (nSPS) is 21.3. The van der Waals surface area contributed by atoms with Crippen LogP contribution in [0.25, 0.3) is 0 Å². The van der Waals surface area contributed by atoms with Crippen LogP contribution in [-0.2, 0) is 11.3 Å². The zero-order chi connectivity index (χ0) is 15.4. The Morgan fingerprint density at radius 1 is 1.27 bits per heavy atom. The van der Waals surface area contributed by atoms with Crippen LogP contribution in [0.3, 0.4) is 0 Å². The molecule has 0 spiro atoms. The molecule has 0 aliphatic carbocycles. The van der Waals surface area contributed by atoms with E-state index in [1.807, 2.05) is 11.9 Å². The SMILES string of the molecule is CN(Cc1ccccc1N1CCCC1)C(=O)CC1CCCN1. The van der Waals surface area contributed by atoms with E-state index in [9.17, 15) is 4.79 Å². The summed E-state index contributed by atoms with van der Waals surface area (Å²) in [6, 6.07) is 8.90. The van der Waals surface area contributed by atoms with Gasteiger partial charge in [0.05, 0.1) is 0 Å². The number of carbonyl (C=O) groups excluding carboxylic acids is 1. The van der Waals surface area contributed by atoms with Crippen molar-refractivity contribution in [3.63, 3.8) is 0 Å². The molecule has 0 bridgehead atoms. The largest absolute Gasteiger partial charge is 0.371 e. The van der Waals surface area contributed by atoms with E-state index in [2.05, 4.69) is 34.5 Å². The van der Waals surface area contributed by atoms with E-state index in [1.165, 1.54) is 30.5 Å². The van der Waals surface area contributed by atoms with Gasteiger partial charge in [-0.25, -0.2) is 0 Å². The van der Waals surface area contributed by atoms with Gasteiger partial charge in [0, 0.05) is 44.8 Å². The van der Waals surface area contributed by atoms with Crippen molar-refractivity contribution in [2.75, 3.05) is 31.6 Å². The molecule has 0 aromatic heterocycles. The Morgan fingerprint density at radius 2 is 2.05 bits per heavy atom. The lowest BCUT2D eigenvalue weighted by Crippen LogP contribution is -2.33. The van der Waals surface area contributed by atoms with E-state index in [1.54, 1.807) is 0 Å². The van der Waals surface area contributed by atoms with Crippen molar-refractivity contribution in [2.24, 2.45) is 0 Å². The van der Waals surface area contributed by atoms with Crippen molar-refractivity contribution in [3.05, 3.63) is 29.8 Å². The van der Waals surface area contributed by atoms with Gasteiger partial charge in [-0.3, -0.25) is 4.79 Å². The molecule has 1 N–H and O–H groups in total. The number of rotatable bonds is 5. The highest BCUT2D eigenvalue weighted by Gasteiger charge is 2.21. The lowest BCUT2D eigenvalue weighted by Gasteiger charge is -2.25. The van der Waals surface area contributed by atoms with E-state index < -0.39 is 0 Å². The van der Waals surface area contributed by atoms with Crippen molar-refractivity contribution in [1.82, 2.24) is 10.2 Å². The summed E-state index contributed by atoms with van der Waals surface area (Å²) in [6.45, 7) is 4.04. The molecule has 120 valence electrons. The van der Waals surface area contributed by atoms with Crippen molar-refractivity contribution >= 4 is 11.6 Å². The van der Waals surface area contributed by atoms with E-state index >= 15 is 0 Å². The minimum atomic E-state index is 0.246. The van der Waals surface area contributed by atoms with Crippen LogP contribution in [0.2, 0.25) is 0 Å². The molecule has 1 atom stereocenters. The Hall–Kier alpha value is -1.55. The fourth-order valence-corrected chi connectivity index (χ4v) is 3.55. The number of hydrogen-bond acceptors (Lipinski definition) is 3. The third kappa shape index (κ3) is 3.61. The number of nitrogens with one attached hydrogen (secondary N) is 1. The highest BCUT2D eigenvalue weighted by molar-refractivity contribution is 5.76. The zero-order valence-corrected chi connectivity index (χ0v) is 13.6. The molecular weight excluding hydrogens is 274 g/mol. The van der Waals surface area contributed by atoms with Crippen LogP contribution in [0.5, 0.6) is 0 Å². The Kier molecular flexibility index (Phi) is 4.98. The minimum Gasteiger partial charge on any atom is -0.371 e. The van der Waals surface area contributed by atoms with Gasteiger partial charge in [0.25, 0.3) is 0 Å². The summed E-state index contributed by atoms with van der Waals surface area (Å²) in [7, 11) is 1.93. The van der Waals surface area contributed by atoms with Crippen LogP contribution >= 0.6 is 0 Å². The second kappa shape index (κ2) is 7.14. The van der Waals surface area contributed by atoms with Crippen molar-refractivity contribution in [2.45, 2.75) is 44.7 Å². The number of anilines is 1. The minimum absolute atomic E-state index is 0.246. The van der Waals surface area contributed by atoms with Crippen LogP contribution in [0, 0.1) is 0 Å². The lowest BCUT2D eigenvalue weighted by molar-refractivity contribution is -0.130. The maximum atomic E-state index is 12.4. The molecule has 3 rings (SSSR count). The first-order valence-corrected chi connectivity index (χ1v) is 8.54. The van der Waals surface area contributed by atoms with Gasteiger partial charge in [-0.05, 0) is 43.9 Å². The predicted molar refractivity (Wildman–Crippen MR) is 90.0 cm³/mol. The molecular formula is C18H27N3O. The maximum absolute atomic E-state index is 12.4. The second-order valence-corrected chi connectivity index (χ2v) is 6.57. The summed E-state index contributed by atoms with van der Waals surface area (Å²) in [5.74, 6) is 0.246. The van der Waals surface area contributed by atoms with E-state index in [0.29, 0.717) is 19.0 Å². The van der Waals surface area contributed by atoms with Gasteiger partial charge in [0.1, 0.15) is 0 Å². The standard InChI is InChI=1S/C18H27N3O/c1-20(18(22)13-16-8-6-10-19-16)14-15-7-2-3-9-17(15)21-11-4-5-12-21/h2-3,7,9,16,19H,4-6,8,10-14H2,1H3. The molecule has 2 saturated heterocycles. The highest BCUT2D eigenvalue weighted by atomic mass is 16.2. The molecule has 1 aromatic carbocycles. The van der Waals surface area contributed by atoms with Gasteiger partial charge in [0.2, 0.25) is 5.91 Å². The second-order valence-electron chi connectivity index (χ2n) is 6.57. The van der Waals surface area contributed by atoms with E-state index in [-0.39, 0.29) is 5.91 Å². The first kappa shape index (κ1) is 15.3. The summed E-state index contributed by atoms with van der Waals surface area (Å²) in [5.41, 5.74) is 2.57. The average Bonchev–Trinajstić information content (AvgIpc) is 3.21. The summed E-state index contributed by atoms with van der Waals surface area (Å²) in [4.78, 5) is 16.7. The van der Waals surface area contributed by atoms with E-state index in [4.69, 9.17) is 0 Å². The zero-order valence-electron chi connectivity index (χ0n) is 13.6. The molecule has 1 amide bonds. The predicted octanol–water partition coefficient (Wildman–Crippen LogP) is 2.39. The first-order chi connectivity index (χ1) is 10.7. The molecule has 0 radical (unpaired) electrons. The van der Waals surface area contributed by atoms with Gasteiger partial charge in [-0.15, -0.1) is 0 Å². The third-order valence-corrected chi connectivity index (χ3v) is 4.86. The quantitative estimate of drug-likeness (QED) is 0.907. The van der Waals surface area contributed by atoms with Gasteiger partial charge in [0.15, 0.2) is 0 Å². The lowest BCUT2D eigenvalue weighted by atomic mass is 10.1. The van der Waals surface area contributed by atoms with Crippen LogP contribution < -0.4 is 10.2 Å². The van der Waals surface area contributed by atoms with Crippen molar-refractivity contribution in [1.29, 1.82) is 0 Å². The molecule has 2 heterocycles. The average molecular weight is 301 g/mol. The van der Waals surface area contributed by atoms with Crippen molar-refractivity contribution < 1.29 is 4.79 Å². The monoisotopic (exact) mass is 301 g/mol. The van der Waals surface area contributed by atoms with Gasteiger partial charge < -0.3 is 15.1 Å². The number of amides is 1. The smallest absolute Gasteiger partial charge is 0.224 e. The van der Waals surface area contributed by atoms with Gasteiger partial charge in [-0.2, -0.15) is 0 Å². The fraction of sp³-hybridized carbons (Fsp3) is 0.611. The molecule has 1 aromatic rings. The molecule has 2 aliphatic rings. The maximum Gasteiger partial charge on any atom is 0.224 e. The molecule has 22 heavy (non-hydrogen) atoms. The summed E-state index contributed by atoms with van der Waals surface area (Å²) in [5, 5.41) is 3.41. The topological polar surface area (TPSA) is 35.6 Å². The van der Waals surface area contributed by atoms with Crippen LogP contribution in [0.4, 0.5) is 5.69 Å². The number of hydrogen-bond donors (Lipinski definition) is 1. The summed E-state index contributed by atoms with van der Waals surface area (Å²) in [6.07, 6.45) is 5.50. The molecule has 1 unspecified atom stereocenters. The summed E-state index contributed by atoms with van der Waals surface area (Å²) < 4.78 is 0. The Morgan fingerprint density at radius 3 is 2.77 bits per heavy atom. The number of benzene rings is 1. The van der Waals surface area contributed by atoms with Gasteiger partial charge in [-0.1, -0.05) is 18.2 Å². The van der Waals surface area contributed by atoms with Crippen LogP contribution in [0.15, 0.2) is 24.3 Å². The Bertz CT molecular complexity index is 505. The first-order valence-electron chi connectivity index (χ1n) is 8.54. The third-order valence-electron chi connectivity index (χ3n) is 4.86. The fourth-order valence-electron chi connectivity index (χ4n) is 3.55. The number of para-hydroxylation sites is 1. The van der Waals surface area contributed by atoms with E-state index in [0.717, 1.165) is 26.1 Å². The Balaban J connectivity index is 1.63. The molecule has 4 nitrogen and oxygen atoms in total. The highest BCUT2D eigenvalue weighted by Crippen LogP contribution is 2.25. The molecule has 4 heteroatoms. The molecule has 0 saturated carbocycles. The molecule has 2 fully saturated rings. The van der Waals surface area contributed by atoms with Crippen molar-refractivity contribution in [3.8, 4) is 0 Å².